The van der Waals surface area contributed by atoms with E-state index < -0.39 is 0 Å². The van der Waals surface area contributed by atoms with Crippen molar-refractivity contribution in [1.29, 1.82) is 0 Å². The summed E-state index contributed by atoms with van der Waals surface area (Å²) in [6, 6.07) is 8.46. The van der Waals surface area contributed by atoms with Crippen LogP contribution in [0, 0.1) is 6.92 Å². The van der Waals surface area contributed by atoms with Gasteiger partial charge in [0.15, 0.2) is 0 Å². The molecule has 3 nitrogen and oxygen atoms in total. The second kappa shape index (κ2) is 6.40. The van der Waals surface area contributed by atoms with Gasteiger partial charge in [-0.1, -0.05) is 24.3 Å². The minimum absolute atomic E-state index is 0.133. The van der Waals surface area contributed by atoms with Gasteiger partial charge in [-0.15, -0.1) is 0 Å². The molecule has 0 aliphatic carbocycles. The maximum absolute atomic E-state index is 11.7. The average molecular weight is 234 g/mol. The highest BCUT2D eigenvalue weighted by Gasteiger charge is 2.10. The molecule has 0 saturated carbocycles. The predicted octanol–water partition coefficient (Wildman–Crippen LogP) is 1.95. The molecule has 1 aromatic carbocycles. The summed E-state index contributed by atoms with van der Waals surface area (Å²) < 4.78 is 0. The number of hydrogen-bond donors (Lipinski definition) is 1. The van der Waals surface area contributed by atoms with E-state index in [1.54, 1.807) is 4.90 Å². The van der Waals surface area contributed by atoms with Gasteiger partial charge in [-0.05, 0) is 31.9 Å². The summed E-state index contributed by atoms with van der Waals surface area (Å²) >= 11 is 0. The lowest BCUT2D eigenvalue weighted by Crippen LogP contribution is -2.39. The third-order valence-electron chi connectivity index (χ3n) is 3.02. The molecule has 0 heterocycles. The second-order valence-corrected chi connectivity index (χ2v) is 4.63. The lowest BCUT2D eigenvalue weighted by molar-refractivity contribution is -0.130. The number of amides is 1. The molecule has 0 atom stereocenters. The molecule has 1 rings (SSSR count). The Kier molecular flexibility index (Phi) is 5.16. The molecule has 0 unspecified atom stereocenters. The van der Waals surface area contributed by atoms with Gasteiger partial charge in [0.2, 0.25) is 5.91 Å². The van der Waals surface area contributed by atoms with Crippen molar-refractivity contribution in [1.82, 2.24) is 10.2 Å². The van der Waals surface area contributed by atoms with E-state index in [0.29, 0.717) is 6.54 Å². The minimum atomic E-state index is 0.133. The van der Waals surface area contributed by atoms with Gasteiger partial charge in [-0.2, -0.15) is 0 Å². The summed E-state index contributed by atoms with van der Waals surface area (Å²) in [6.07, 6.45) is 0. The summed E-state index contributed by atoms with van der Waals surface area (Å²) in [5, 5.41) is 3.19. The van der Waals surface area contributed by atoms with E-state index in [9.17, 15) is 4.79 Å². The third-order valence-corrected chi connectivity index (χ3v) is 3.02. The zero-order valence-corrected chi connectivity index (χ0v) is 11.2. The first-order chi connectivity index (χ1) is 8.02. The maximum Gasteiger partial charge on any atom is 0.236 e. The number of rotatable bonds is 5. The number of carbonyl (C=O) groups is 1. The molecule has 0 bridgehead atoms. The topological polar surface area (TPSA) is 32.3 Å². The highest BCUT2D eigenvalue weighted by Crippen LogP contribution is 2.05. The van der Waals surface area contributed by atoms with E-state index in [0.717, 1.165) is 6.54 Å². The molecule has 0 saturated heterocycles. The summed E-state index contributed by atoms with van der Waals surface area (Å²) in [5.74, 6) is 0.133. The van der Waals surface area contributed by atoms with E-state index in [2.05, 4.69) is 24.4 Å². The summed E-state index contributed by atoms with van der Waals surface area (Å²) in [4.78, 5) is 13.5. The molecule has 0 aliphatic rings. The maximum atomic E-state index is 11.7. The standard InChI is InChI=1S/C14H22N2O/c1-11(2)16(4)14(17)10-15-9-13-8-6-5-7-12(13)3/h5-8,11,15H,9-10H2,1-4H3. The molecule has 17 heavy (non-hydrogen) atoms. The fourth-order valence-corrected chi connectivity index (χ4v) is 1.53. The van der Waals surface area contributed by atoms with Crippen LogP contribution in [0.2, 0.25) is 0 Å². The van der Waals surface area contributed by atoms with Gasteiger partial charge >= 0.3 is 0 Å². The van der Waals surface area contributed by atoms with Crippen LogP contribution in [-0.4, -0.2) is 30.4 Å². The highest BCUT2D eigenvalue weighted by molar-refractivity contribution is 5.78. The smallest absolute Gasteiger partial charge is 0.236 e. The molecular weight excluding hydrogens is 212 g/mol. The van der Waals surface area contributed by atoms with Crippen LogP contribution in [0.5, 0.6) is 0 Å². The van der Waals surface area contributed by atoms with E-state index in [1.807, 2.05) is 33.0 Å². The lowest BCUT2D eigenvalue weighted by Gasteiger charge is -2.21. The SMILES string of the molecule is Cc1ccccc1CNCC(=O)N(C)C(C)C. The number of aryl methyl sites for hydroxylation is 1. The van der Waals surface area contributed by atoms with Crippen molar-refractivity contribution in [3.05, 3.63) is 35.4 Å². The summed E-state index contributed by atoms with van der Waals surface area (Å²) in [7, 11) is 1.84. The van der Waals surface area contributed by atoms with Crippen LogP contribution in [0.25, 0.3) is 0 Å². The van der Waals surface area contributed by atoms with Crippen molar-refractivity contribution in [2.75, 3.05) is 13.6 Å². The van der Waals surface area contributed by atoms with Crippen LogP contribution in [0.3, 0.4) is 0 Å². The molecule has 0 radical (unpaired) electrons. The Morgan fingerprint density at radius 1 is 1.35 bits per heavy atom. The number of nitrogens with one attached hydrogen (secondary N) is 1. The Morgan fingerprint density at radius 3 is 2.59 bits per heavy atom. The summed E-state index contributed by atoms with van der Waals surface area (Å²) in [5.41, 5.74) is 2.50. The van der Waals surface area contributed by atoms with Crippen molar-refractivity contribution >= 4 is 5.91 Å². The largest absolute Gasteiger partial charge is 0.342 e. The molecule has 94 valence electrons. The first-order valence-corrected chi connectivity index (χ1v) is 6.03. The zero-order chi connectivity index (χ0) is 12.8. The fourth-order valence-electron chi connectivity index (χ4n) is 1.53. The van der Waals surface area contributed by atoms with E-state index in [1.165, 1.54) is 11.1 Å². The molecule has 3 heteroatoms. The van der Waals surface area contributed by atoms with E-state index >= 15 is 0 Å². The Balaban J connectivity index is 2.38. The zero-order valence-electron chi connectivity index (χ0n) is 11.2. The molecule has 1 aromatic rings. The van der Waals surface area contributed by atoms with Gasteiger partial charge < -0.3 is 10.2 Å². The first kappa shape index (κ1) is 13.7. The van der Waals surface area contributed by atoms with Crippen LogP contribution in [-0.2, 0) is 11.3 Å². The Labute approximate surface area is 104 Å². The second-order valence-electron chi connectivity index (χ2n) is 4.63. The lowest BCUT2D eigenvalue weighted by atomic mass is 10.1. The van der Waals surface area contributed by atoms with Gasteiger partial charge in [0.25, 0.3) is 0 Å². The van der Waals surface area contributed by atoms with Crippen LogP contribution < -0.4 is 5.32 Å². The summed E-state index contributed by atoms with van der Waals surface area (Å²) in [6.45, 7) is 7.24. The molecule has 0 aliphatic heterocycles. The first-order valence-electron chi connectivity index (χ1n) is 6.03. The van der Waals surface area contributed by atoms with Crippen LogP contribution >= 0.6 is 0 Å². The van der Waals surface area contributed by atoms with Crippen molar-refractivity contribution in [3.8, 4) is 0 Å². The van der Waals surface area contributed by atoms with Crippen molar-refractivity contribution in [2.45, 2.75) is 33.4 Å². The number of likely N-dealkylation sites (N-methyl/N-ethyl adjacent to an activating group) is 1. The van der Waals surface area contributed by atoms with Gasteiger partial charge in [-0.25, -0.2) is 0 Å². The fraction of sp³-hybridized carbons (Fsp3) is 0.500. The van der Waals surface area contributed by atoms with Crippen molar-refractivity contribution in [3.63, 3.8) is 0 Å². The normalized spacial score (nSPS) is 10.6. The van der Waals surface area contributed by atoms with E-state index in [-0.39, 0.29) is 11.9 Å². The average Bonchev–Trinajstić information content (AvgIpc) is 2.30. The van der Waals surface area contributed by atoms with Crippen LogP contribution in [0.4, 0.5) is 0 Å². The number of hydrogen-bond acceptors (Lipinski definition) is 2. The molecule has 0 fully saturated rings. The van der Waals surface area contributed by atoms with E-state index in [4.69, 9.17) is 0 Å². The number of benzene rings is 1. The molecule has 1 amide bonds. The van der Waals surface area contributed by atoms with Crippen LogP contribution in [0.15, 0.2) is 24.3 Å². The quantitative estimate of drug-likeness (QED) is 0.844. The van der Waals surface area contributed by atoms with Gasteiger partial charge in [-0.3, -0.25) is 4.79 Å². The Morgan fingerprint density at radius 2 is 2.00 bits per heavy atom. The van der Waals surface area contributed by atoms with Gasteiger partial charge in [0.1, 0.15) is 0 Å². The molecule has 0 aromatic heterocycles. The van der Waals surface area contributed by atoms with Gasteiger partial charge in [0.05, 0.1) is 6.54 Å². The van der Waals surface area contributed by atoms with Crippen molar-refractivity contribution in [2.24, 2.45) is 0 Å². The minimum Gasteiger partial charge on any atom is -0.342 e. The Hall–Kier alpha value is -1.35. The predicted molar refractivity (Wildman–Crippen MR) is 70.8 cm³/mol. The number of nitrogens with zero attached hydrogens (tertiary/aromatic N) is 1. The van der Waals surface area contributed by atoms with Gasteiger partial charge in [0, 0.05) is 19.6 Å². The molecular formula is C14H22N2O. The third kappa shape index (κ3) is 4.19. The van der Waals surface area contributed by atoms with Crippen LogP contribution in [0.1, 0.15) is 25.0 Å². The molecule has 0 spiro atoms. The Bertz CT molecular complexity index is 374. The highest BCUT2D eigenvalue weighted by atomic mass is 16.2. The molecule has 1 N–H and O–H groups in total. The van der Waals surface area contributed by atoms with Crippen molar-refractivity contribution < 1.29 is 4.79 Å². The monoisotopic (exact) mass is 234 g/mol. The number of carbonyl (C=O) groups excluding carboxylic acids is 1.